The fourth-order valence-corrected chi connectivity index (χ4v) is 3.07. The van der Waals surface area contributed by atoms with Crippen molar-refractivity contribution in [3.05, 3.63) is 17.7 Å². The molecule has 0 unspecified atom stereocenters. The van der Waals surface area contributed by atoms with Crippen LogP contribution in [0.15, 0.2) is 12.1 Å². The second-order valence-electron chi connectivity index (χ2n) is 6.41. The molecule has 1 fully saturated rings. The van der Waals surface area contributed by atoms with E-state index in [0.29, 0.717) is 11.5 Å². The van der Waals surface area contributed by atoms with E-state index in [1.54, 1.807) is 13.8 Å². The number of ether oxygens (including phenoxy) is 2. The van der Waals surface area contributed by atoms with Gasteiger partial charge < -0.3 is 19.9 Å². The van der Waals surface area contributed by atoms with E-state index in [2.05, 4.69) is 5.32 Å². The fourth-order valence-electron chi connectivity index (χ4n) is 3.07. The van der Waals surface area contributed by atoms with Crippen LogP contribution < -0.4 is 14.8 Å². The number of benzene rings is 1. The van der Waals surface area contributed by atoms with Gasteiger partial charge in [0.1, 0.15) is 0 Å². The Bertz CT molecular complexity index is 709. The van der Waals surface area contributed by atoms with Crippen molar-refractivity contribution in [1.29, 1.82) is 0 Å². The number of amides is 1. The predicted octanol–water partition coefficient (Wildman–Crippen LogP) is 2.20. The molecule has 7 nitrogen and oxygen atoms in total. The molecule has 0 radical (unpaired) electrons. The van der Waals surface area contributed by atoms with E-state index in [1.807, 2.05) is 0 Å². The van der Waals surface area contributed by atoms with Crippen molar-refractivity contribution in [3.8, 4) is 11.5 Å². The first kappa shape index (κ1) is 17.8. The monoisotopic (exact) mass is 335 g/mol. The maximum atomic E-state index is 12.5. The van der Waals surface area contributed by atoms with Crippen LogP contribution in [0.1, 0.15) is 31.1 Å². The molecule has 1 aromatic carbocycles. The van der Waals surface area contributed by atoms with E-state index in [-0.39, 0.29) is 17.0 Å². The van der Waals surface area contributed by atoms with E-state index < -0.39 is 29.1 Å². The van der Waals surface area contributed by atoms with Crippen LogP contribution in [0.3, 0.4) is 0 Å². The zero-order valence-corrected chi connectivity index (χ0v) is 14.3. The van der Waals surface area contributed by atoms with Gasteiger partial charge >= 0.3 is 5.97 Å². The molecule has 0 aromatic heterocycles. The van der Waals surface area contributed by atoms with E-state index in [0.717, 1.165) is 0 Å². The summed E-state index contributed by atoms with van der Waals surface area (Å²) in [7, 11) is 2.89. The molecule has 7 heteroatoms. The van der Waals surface area contributed by atoms with E-state index in [9.17, 15) is 19.5 Å². The topological polar surface area (TPSA) is 102 Å². The molecule has 2 N–H and O–H groups in total. The average Bonchev–Trinajstić information content (AvgIpc) is 3.09. The predicted molar refractivity (Wildman–Crippen MR) is 86.6 cm³/mol. The molecule has 0 bridgehead atoms. The molecule has 1 saturated carbocycles. The molecule has 24 heavy (non-hydrogen) atoms. The molecular weight excluding hydrogens is 314 g/mol. The summed E-state index contributed by atoms with van der Waals surface area (Å²) in [6.45, 7) is 4.84. The van der Waals surface area contributed by atoms with Gasteiger partial charge in [-0.25, -0.2) is 0 Å². The SMILES string of the molecule is COc1cc(NC(=O)[C@@H]2[C@H](C(=O)O)C2(C)C)c(C(C)=O)cc1OC. The highest BCUT2D eigenvalue weighted by molar-refractivity contribution is 6.06. The van der Waals surface area contributed by atoms with Crippen LogP contribution in [-0.4, -0.2) is 37.0 Å². The molecular formula is C17H21NO6. The number of ketones is 1. The van der Waals surface area contributed by atoms with Gasteiger partial charge in [0.05, 0.1) is 31.7 Å². The second-order valence-corrected chi connectivity index (χ2v) is 6.41. The fraction of sp³-hybridized carbons (Fsp3) is 0.471. The summed E-state index contributed by atoms with van der Waals surface area (Å²) in [6.07, 6.45) is 0. The Morgan fingerprint density at radius 3 is 2.04 bits per heavy atom. The maximum Gasteiger partial charge on any atom is 0.307 e. The number of nitrogens with one attached hydrogen (secondary N) is 1. The van der Waals surface area contributed by atoms with Crippen molar-refractivity contribution < 1.29 is 29.0 Å². The largest absolute Gasteiger partial charge is 0.493 e. The van der Waals surface area contributed by atoms with Crippen molar-refractivity contribution in [2.45, 2.75) is 20.8 Å². The van der Waals surface area contributed by atoms with Gasteiger partial charge in [-0.1, -0.05) is 13.8 Å². The number of carbonyl (C=O) groups is 3. The highest BCUT2D eigenvalue weighted by Crippen LogP contribution is 2.58. The highest BCUT2D eigenvalue weighted by atomic mass is 16.5. The third-order valence-corrected chi connectivity index (χ3v) is 4.54. The van der Waals surface area contributed by atoms with Crippen LogP contribution in [0, 0.1) is 17.3 Å². The molecule has 0 heterocycles. The first-order chi connectivity index (χ1) is 11.1. The van der Waals surface area contributed by atoms with Gasteiger partial charge in [-0.15, -0.1) is 0 Å². The van der Waals surface area contributed by atoms with Crippen molar-refractivity contribution in [2.75, 3.05) is 19.5 Å². The third-order valence-electron chi connectivity index (χ3n) is 4.54. The minimum Gasteiger partial charge on any atom is -0.493 e. The highest BCUT2D eigenvalue weighted by Gasteiger charge is 2.65. The Labute approximate surface area is 139 Å². The van der Waals surface area contributed by atoms with Crippen molar-refractivity contribution in [3.63, 3.8) is 0 Å². The number of hydrogen-bond donors (Lipinski definition) is 2. The van der Waals surface area contributed by atoms with Gasteiger partial charge in [0.15, 0.2) is 17.3 Å². The molecule has 2 rings (SSSR count). The van der Waals surface area contributed by atoms with Crippen LogP contribution in [0.2, 0.25) is 0 Å². The van der Waals surface area contributed by atoms with Gasteiger partial charge in [-0.3, -0.25) is 14.4 Å². The number of rotatable bonds is 6. The van der Waals surface area contributed by atoms with Gasteiger partial charge in [0, 0.05) is 11.6 Å². The number of hydrogen-bond acceptors (Lipinski definition) is 5. The molecule has 0 aliphatic heterocycles. The van der Waals surface area contributed by atoms with Crippen LogP contribution in [0.5, 0.6) is 11.5 Å². The summed E-state index contributed by atoms with van der Waals surface area (Å²) in [5.41, 5.74) is -0.0774. The smallest absolute Gasteiger partial charge is 0.307 e. The number of carbonyl (C=O) groups excluding carboxylic acids is 2. The number of carboxylic acid groups (broad SMARTS) is 1. The Kier molecular flexibility index (Phi) is 4.55. The molecule has 1 aromatic rings. The van der Waals surface area contributed by atoms with Crippen LogP contribution in [0.4, 0.5) is 5.69 Å². The number of methoxy groups -OCH3 is 2. The number of anilines is 1. The third kappa shape index (κ3) is 2.93. The lowest BCUT2D eigenvalue weighted by Crippen LogP contribution is -2.19. The first-order valence-corrected chi connectivity index (χ1v) is 7.45. The molecule has 0 spiro atoms. The van der Waals surface area contributed by atoms with E-state index in [4.69, 9.17) is 9.47 Å². The van der Waals surface area contributed by atoms with E-state index >= 15 is 0 Å². The summed E-state index contributed by atoms with van der Waals surface area (Å²) in [4.78, 5) is 35.6. The van der Waals surface area contributed by atoms with Crippen molar-refractivity contribution in [2.24, 2.45) is 17.3 Å². The van der Waals surface area contributed by atoms with Crippen LogP contribution in [0.25, 0.3) is 0 Å². The molecule has 1 aliphatic carbocycles. The molecule has 2 atom stereocenters. The van der Waals surface area contributed by atoms with Gasteiger partial charge in [-0.05, 0) is 18.4 Å². The quantitative estimate of drug-likeness (QED) is 0.773. The lowest BCUT2D eigenvalue weighted by atomic mass is 10.1. The van der Waals surface area contributed by atoms with Crippen LogP contribution in [-0.2, 0) is 9.59 Å². The van der Waals surface area contributed by atoms with Crippen LogP contribution >= 0.6 is 0 Å². The zero-order chi connectivity index (χ0) is 18.2. The second kappa shape index (κ2) is 6.14. The van der Waals surface area contributed by atoms with Gasteiger partial charge in [0.2, 0.25) is 5.91 Å². The minimum absolute atomic E-state index is 0.254. The van der Waals surface area contributed by atoms with Gasteiger partial charge in [0.25, 0.3) is 0 Å². The summed E-state index contributed by atoms with van der Waals surface area (Å²) in [5.74, 6) is -2.34. The Morgan fingerprint density at radius 2 is 1.62 bits per heavy atom. The summed E-state index contributed by atoms with van der Waals surface area (Å²) >= 11 is 0. The number of Topliss-reactive ketones (excluding diaryl/α,β-unsaturated/α-hetero) is 1. The first-order valence-electron chi connectivity index (χ1n) is 7.45. The average molecular weight is 335 g/mol. The van der Waals surface area contributed by atoms with E-state index in [1.165, 1.54) is 33.3 Å². The maximum absolute atomic E-state index is 12.5. The number of carboxylic acids is 1. The van der Waals surface area contributed by atoms with Gasteiger partial charge in [-0.2, -0.15) is 0 Å². The minimum atomic E-state index is -1.00. The molecule has 1 aliphatic rings. The van der Waals surface area contributed by atoms with Crippen molar-refractivity contribution >= 4 is 23.3 Å². The summed E-state index contributed by atoms with van der Waals surface area (Å²) in [5, 5.41) is 11.9. The lowest BCUT2D eigenvalue weighted by Gasteiger charge is -2.14. The Hall–Kier alpha value is -2.57. The number of aliphatic carboxylic acids is 1. The zero-order valence-electron chi connectivity index (χ0n) is 14.3. The Balaban J connectivity index is 2.34. The summed E-state index contributed by atoms with van der Waals surface area (Å²) < 4.78 is 10.3. The molecule has 130 valence electrons. The standard InChI is InChI=1S/C17H21NO6/c1-8(19)9-6-11(23-4)12(24-5)7-10(9)18-15(20)13-14(16(21)22)17(13,2)3/h6-7,13-14H,1-5H3,(H,18,20)(H,21,22)/t13-,14+/m0/s1. The van der Waals surface area contributed by atoms with Crippen molar-refractivity contribution in [1.82, 2.24) is 0 Å². The lowest BCUT2D eigenvalue weighted by molar-refractivity contribution is -0.140. The molecule has 1 amide bonds. The Morgan fingerprint density at radius 1 is 1.08 bits per heavy atom. The summed E-state index contributed by atoms with van der Waals surface area (Å²) in [6, 6.07) is 2.99. The normalized spacial score (nSPS) is 20.9. The molecule has 0 saturated heterocycles.